The summed E-state index contributed by atoms with van der Waals surface area (Å²) in [5.41, 5.74) is -0.106. The molecule has 0 bridgehead atoms. The predicted molar refractivity (Wildman–Crippen MR) is 100 cm³/mol. The maximum Gasteiger partial charge on any atom is 0.349 e. The molecule has 1 heterocycles. The van der Waals surface area contributed by atoms with Crippen LogP contribution in [0.3, 0.4) is 0 Å². The van der Waals surface area contributed by atoms with E-state index >= 15 is 0 Å². The third-order valence-corrected chi connectivity index (χ3v) is 3.78. The van der Waals surface area contributed by atoms with E-state index in [0.717, 1.165) is 10.8 Å². The van der Waals surface area contributed by atoms with E-state index in [4.69, 9.17) is 0 Å². The fraction of sp³-hybridized carbons (Fsp3) is 0.211. The molecule has 0 aliphatic rings. The summed E-state index contributed by atoms with van der Waals surface area (Å²) < 4.78 is 1.51. The Morgan fingerprint density at radius 1 is 1.00 bits per heavy atom. The molecule has 128 valence electrons. The molecular weight excluding hydrogens is 316 g/mol. The number of anilines is 2. The summed E-state index contributed by atoms with van der Waals surface area (Å²) in [5, 5.41) is 7.46. The number of fused-ring (bicyclic) bond motifs is 1. The fourth-order valence-electron chi connectivity index (χ4n) is 2.53. The number of rotatable bonds is 2. The molecule has 0 aliphatic heterocycles. The van der Waals surface area contributed by atoms with E-state index in [-0.39, 0.29) is 11.4 Å². The zero-order valence-corrected chi connectivity index (χ0v) is 14.4. The lowest BCUT2D eigenvalue weighted by Gasteiger charge is -2.21. The molecule has 1 aromatic heterocycles. The molecule has 6 heteroatoms. The van der Waals surface area contributed by atoms with Crippen LogP contribution < -0.4 is 16.3 Å². The normalized spacial score (nSPS) is 11.3. The van der Waals surface area contributed by atoms with E-state index in [0.29, 0.717) is 5.69 Å². The predicted octanol–water partition coefficient (Wildman–Crippen LogP) is 3.80. The Labute approximate surface area is 145 Å². The van der Waals surface area contributed by atoms with Gasteiger partial charge in [0.15, 0.2) is 0 Å². The Kier molecular flexibility index (Phi) is 4.27. The van der Waals surface area contributed by atoms with Gasteiger partial charge < -0.3 is 5.32 Å². The third kappa shape index (κ3) is 3.85. The molecule has 0 atom stereocenters. The van der Waals surface area contributed by atoms with Gasteiger partial charge in [0.25, 0.3) is 0 Å². The molecule has 0 fully saturated rings. The van der Waals surface area contributed by atoms with Gasteiger partial charge in [-0.15, -0.1) is 0 Å². The van der Waals surface area contributed by atoms with Crippen LogP contribution in [0.2, 0.25) is 0 Å². The van der Waals surface area contributed by atoms with Crippen LogP contribution in [-0.4, -0.2) is 15.6 Å². The average Bonchev–Trinajstić information content (AvgIpc) is 2.53. The second-order valence-corrected chi connectivity index (χ2v) is 6.78. The molecule has 2 aromatic carbocycles. The zero-order chi connectivity index (χ0) is 18.0. The SMILES string of the molecule is CC(C)(C)n1ccc(NC(=O)Nc2ccc3ccccc3c2)nc1=O. The highest BCUT2D eigenvalue weighted by Crippen LogP contribution is 2.19. The maximum atomic E-state index is 12.1. The van der Waals surface area contributed by atoms with Crippen LogP contribution >= 0.6 is 0 Å². The smallest absolute Gasteiger partial charge is 0.308 e. The van der Waals surface area contributed by atoms with Crippen molar-refractivity contribution in [1.29, 1.82) is 0 Å². The van der Waals surface area contributed by atoms with Crippen LogP contribution in [0, 0.1) is 0 Å². The number of aromatic nitrogens is 2. The Bertz CT molecular complexity index is 986. The van der Waals surface area contributed by atoms with Gasteiger partial charge in [0, 0.05) is 17.4 Å². The largest absolute Gasteiger partial charge is 0.349 e. The molecule has 3 rings (SSSR count). The highest BCUT2D eigenvalue weighted by Gasteiger charge is 2.15. The lowest BCUT2D eigenvalue weighted by molar-refractivity contribution is 0.262. The van der Waals surface area contributed by atoms with Crippen molar-refractivity contribution in [2.45, 2.75) is 26.3 Å². The zero-order valence-electron chi connectivity index (χ0n) is 14.4. The minimum atomic E-state index is -0.448. The van der Waals surface area contributed by atoms with Crippen LogP contribution in [0.1, 0.15) is 20.8 Å². The van der Waals surface area contributed by atoms with Crippen molar-refractivity contribution in [2.24, 2.45) is 0 Å². The number of hydrogen-bond acceptors (Lipinski definition) is 3. The molecule has 3 aromatic rings. The van der Waals surface area contributed by atoms with Crippen LogP contribution in [-0.2, 0) is 5.54 Å². The van der Waals surface area contributed by atoms with E-state index in [2.05, 4.69) is 15.6 Å². The molecule has 25 heavy (non-hydrogen) atoms. The highest BCUT2D eigenvalue weighted by atomic mass is 16.2. The van der Waals surface area contributed by atoms with Gasteiger partial charge in [-0.05, 0) is 49.7 Å². The Balaban J connectivity index is 1.73. The van der Waals surface area contributed by atoms with E-state index in [1.165, 1.54) is 4.57 Å². The summed E-state index contributed by atoms with van der Waals surface area (Å²) >= 11 is 0. The van der Waals surface area contributed by atoms with Gasteiger partial charge in [-0.3, -0.25) is 9.88 Å². The average molecular weight is 336 g/mol. The molecule has 0 radical (unpaired) electrons. The number of carbonyl (C=O) groups excluding carboxylic acids is 1. The number of hydrogen-bond donors (Lipinski definition) is 2. The first kappa shape index (κ1) is 16.7. The Hall–Kier alpha value is -3.15. The quantitative estimate of drug-likeness (QED) is 0.747. The number of nitrogens with one attached hydrogen (secondary N) is 2. The topological polar surface area (TPSA) is 76.0 Å². The molecule has 2 N–H and O–H groups in total. The monoisotopic (exact) mass is 336 g/mol. The Morgan fingerprint density at radius 3 is 2.40 bits per heavy atom. The van der Waals surface area contributed by atoms with Gasteiger partial charge >= 0.3 is 11.7 Å². The van der Waals surface area contributed by atoms with Gasteiger partial charge in [-0.2, -0.15) is 4.98 Å². The number of amides is 2. The van der Waals surface area contributed by atoms with Crippen molar-refractivity contribution < 1.29 is 4.79 Å². The first-order valence-corrected chi connectivity index (χ1v) is 8.00. The van der Waals surface area contributed by atoms with E-state index in [1.54, 1.807) is 12.3 Å². The first-order valence-electron chi connectivity index (χ1n) is 8.00. The van der Waals surface area contributed by atoms with Crippen molar-refractivity contribution in [3.8, 4) is 0 Å². The number of urea groups is 1. The summed E-state index contributed by atoms with van der Waals surface area (Å²) in [5.74, 6) is 0.212. The lowest BCUT2D eigenvalue weighted by atomic mass is 10.1. The van der Waals surface area contributed by atoms with Crippen LogP contribution in [0.15, 0.2) is 59.5 Å². The summed E-state index contributed by atoms with van der Waals surface area (Å²) in [4.78, 5) is 28.1. The van der Waals surface area contributed by atoms with Crippen molar-refractivity contribution >= 4 is 28.3 Å². The highest BCUT2D eigenvalue weighted by molar-refractivity contribution is 6.00. The summed E-state index contributed by atoms with van der Waals surface area (Å²) in [6.45, 7) is 5.74. The van der Waals surface area contributed by atoms with Gasteiger partial charge in [-0.25, -0.2) is 9.59 Å². The lowest BCUT2D eigenvalue weighted by Crippen LogP contribution is -2.35. The van der Waals surface area contributed by atoms with Gasteiger partial charge in [-0.1, -0.05) is 30.3 Å². The number of nitrogens with zero attached hydrogens (tertiary/aromatic N) is 2. The van der Waals surface area contributed by atoms with Crippen LogP contribution in [0.4, 0.5) is 16.3 Å². The summed E-state index contributed by atoms with van der Waals surface area (Å²) in [7, 11) is 0. The van der Waals surface area contributed by atoms with E-state index in [9.17, 15) is 9.59 Å². The standard InChI is InChI=1S/C19H20N4O2/c1-19(2,3)23-11-10-16(22-18(23)25)21-17(24)20-15-9-8-13-6-4-5-7-14(13)12-15/h4-12H,1-3H3,(H2,20,21,22,24,25). The minimum absolute atomic E-state index is 0.212. The molecule has 0 unspecified atom stereocenters. The van der Waals surface area contributed by atoms with Gasteiger partial charge in [0.2, 0.25) is 0 Å². The fourth-order valence-corrected chi connectivity index (χ4v) is 2.53. The van der Waals surface area contributed by atoms with Crippen molar-refractivity contribution in [3.63, 3.8) is 0 Å². The van der Waals surface area contributed by atoms with Crippen LogP contribution in [0.25, 0.3) is 10.8 Å². The summed E-state index contributed by atoms with van der Waals surface area (Å²) in [6.07, 6.45) is 1.63. The molecule has 0 saturated carbocycles. The molecule has 0 spiro atoms. The third-order valence-electron chi connectivity index (χ3n) is 3.78. The second kappa shape index (κ2) is 6.39. The molecule has 6 nitrogen and oxygen atoms in total. The van der Waals surface area contributed by atoms with Gasteiger partial charge in [0.1, 0.15) is 5.82 Å². The molecular formula is C19H20N4O2. The van der Waals surface area contributed by atoms with Crippen molar-refractivity contribution in [2.75, 3.05) is 10.6 Å². The first-order chi connectivity index (χ1) is 11.8. The molecule has 2 amide bonds. The summed E-state index contributed by atoms with van der Waals surface area (Å²) in [6, 6.07) is 14.7. The number of carbonyl (C=O) groups is 1. The van der Waals surface area contributed by atoms with Crippen molar-refractivity contribution in [1.82, 2.24) is 9.55 Å². The molecule has 0 saturated heterocycles. The maximum absolute atomic E-state index is 12.1. The minimum Gasteiger partial charge on any atom is -0.308 e. The molecule has 0 aliphatic carbocycles. The Morgan fingerprint density at radius 2 is 1.72 bits per heavy atom. The number of benzene rings is 2. The van der Waals surface area contributed by atoms with Crippen molar-refractivity contribution in [3.05, 3.63) is 65.2 Å². The second-order valence-electron chi connectivity index (χ2n) is 6.78. The van der Waals surface area contributed by atoms with E-state index in [1.807, 2.05) is 63.2 Å². The van der Waals surface area contributed by atoms with Crippen LogP contribution in [0.5, 0.6) is 0 Å². The van der Waals surface area contributed by atoms with Gasteiger partial charge in [0.05, 0.1) is 0 Å². The van der Waals surface area contributed by atoms with E-state index < -0.39 is 11.7 Å².